The first kappa shape index (κ1) is 15.4. The number of thiophene rings is 1. The average molecular weight is 336 g/mol. The topological polar surface area (TPSA) is 69.2 Å². The molecule has 0 aliphatic heterocycles. The molecule has 0 spiro atoms. The van der Waals surface area contributed by atoms with Crippen molar-refractivity contribution in [2.24, 2.45) is 0 Å². The van der Waals surface area contributed by atoms with Gasteiger partial charge in [0, 0.05) is 10.3 Å². The molecule has 1 atom stereocenters. The number of aromatic nitrogens is 2. The third-order valence-corrected chi connectivity index (χ3v) is 5.87. The quantitative estimate of drug-likeness (QED) is 0.475. The Balaban J connectivity index is 2.05. The SMILES string of the molecule is CCOC(=O)C1CCc2sc3ncnc(SCC(C)=O)c3c21. The van der Waals surface area contributed by atoms with Crippen LogP contribution >= 0.6 is 23.1 Å². The van der Waals surface area contributed by atoms with Crippen molar-refractivity contribution < 1.29 is 14.3 Å². The zero-order chi connectivity index (χ0) is 15.7. The summed E-state index contributed by atoms with van der Waals surface area (Å²) >= 11 is 3.03. The Morgan fingerprint density at radius 3 is 3.00 bits per heavy atom. The lowest BCUT2D eigenvalue weighted by Gasteiger charge is -2.11. The summed E-state index contributed by atoms with van der Waals surface area (Å²) in [5.41, 5.74) is 1.02. The van der Waals surface area contributed by atoms with Crippen LogP contribution in [-0.2, 0) is 20.7 Å². The van der Waals surface area contributed by atoms with Gasteiger partial charge in [0.1, 0.15) is 22.0 Å². The third kappa shape index (κ3) is 2.75. The number of hydrogen-bond acceptors (Lipinski definition) is 7. The van der Waals surface area contributed by atoms with Gasteiger partial charge in [-0.3, -0.25) is 9.59 Å². The van der Waals surface area contributed by atoms with E-state index in [9.17, 15) is 9.59 Å². The molecule has 2 aromatic rings. The molecule has 1 aliphatic rings. The fourth-order valence-corrected chi connectivity index (χ4v) is 4.80. The molecule has 5 nitrogen and oxygen atoms in total. The zero-order valence-electron chi connectivity index (χ0n) is 12.4. The molecular weight excluding hydrogens is 320 g/mol. The lowest BCUT2D eigenvalue weighted by atomic mass is 10.0. The number of carbonyl (C=O) groups is 2. The molecule has 0 N–H and O–H groups in total. The van der Waals surface area contributed by atoms with Crippen molar-refractivity contribution in [1.82, 2.24) is 9.97 Å². The average Bonchev–Trinajstić information content (AvgIpc) is 3.03. The van der Waals surface area contributed by atoms with Crippen LogP contribution in [0, 0.1) is 0 Å². The molecule has 0 saturated heterocycles. The molecule has 116 valence electrons. The fourth-order valence-electron chi connectivity index (χ4n) is 2.71. The zero-order valence-corrected chi connectivity index (χ0v) is 14.1. The molecule has 2 aromatic heterocycles. The molecule has 0 amide bonds. The molecule has 3 rings (SSSR count). The van der Waals surface area contributed by atoms with E-state index in [1.165, 1.54) is 23.0 Å². The Morgan fingerprint density at radius 1 is 1.45 bits per heavy atom. The number of Topliss-reactive ketones (excluding diaryl/α,β-unsaturated/α-hetero) is 1. The Hall–Kier alpha value is -1.47. The van der Waals surface area contributed by atoms with Crippen LogP contribution in [0.3, 0.4) is 0 Å². The number of aryl methyl sites for hydroxylation is 1. The highest BCUT2D eigenvalue weighted by molar-refractivity contribution is 8.00. The summed E-state index contributed by atoms with van der Waals surface area (Å²) in [5.74, 6) is 0.0742. The highest BCUT2D eigenvalue weighted by Gasteiger charge is 2.35. The smallest absolute Gasteiger partial charge is 0.313 e. The maximum absolute atomic E-state index is 12.2. The maximum Gasteiger partial charge on any atom is 0.313 e. The van der Waals surface area contributed by atoms with E-state index in [0.717, 1.165) is 33.6 Å². The molecule has 2 heterocycles. The number of ketones is 1. The highest BCUT2D eigenvalue weighted by atomic mass is 32.2. The summed E-state index contributed by atoms with van der Waals surface area (Å²) in [6.07, 6.45) is 3.17. The molecule has 0 radical (unpaired) electrons. The van der Waals surface area contributed by atoms with Gasteiger partial charge in [-0.25, -0.2) is 9.97 Å². The fraction of sp³-hybridized carbons (Fsp3) is 0.467. The minimum Gasteiger partial charge on any atom is -0.466 e. The number of nitrogens with zero attached hydrogens (tertiary/aromatic N) is 2. The Kier molecular flexibility index (Phi) is 4.44. The van der Waals surface area contributed by atoms with Gasteiger partial charge in [-0.1, -0.05) is 11.8 Å². The van der Waals surface area contributed by atoms with Crippen LogP contribution in [0.15, 0.2) is 11.4 Å². The number of rotatable bonds is 5. The van der Waals surface area contributed by atoms with Crippen molar-refractivity contribution in [1.29, 1.82) is 0 Å². The molecule has 0 saturated carbocycles. The number of carbonyl (C=O) groups excluding carboxylic acids is 2. The van der Waals surface area contributed by atoms with Crippen LogP contribution in [0.25, 0.3) is 10.2 Å². The van der Waals surface area contributed by atoms with Crippen molar-refractivity contribution in [3.63, 3.8) is 0 Å². The van der Waals surface area contributed by atoms with Crippen LogP contribution in [0.4, 0.5) is 0 Å². The second kappa shape index (κ2) is 6.34. The van der Waals surface area contributed by atoms with Crippen LogP contribution in [0.5, 0.6) is 0 Å². The van der Waals surface area contributed by atoms with Gasteiger partial charge in [-0.2, -0.15) is 0 Å². The summed E-state index contributed by atoms with van der Waals surface area (Å²) < 4.78 is 5.20. The van der Waals surface area contributed by atoms with E-state index in [1.807, 2.05) is 6.92 Å². The number of fused-ring (bicyclic) bond motifs is 3. The molecule has 1 aliphatic carbocycles. The first-order chi connectivity index (χ1) is 10.6. The predicted octanol–water partition coefficient (Wildman–Crippen LogP) is 2.97. The number of thioether (sulfide) groups is 1. The van der Waals surface area contributed by atoms with E-state index in [0.29, 0.717) is 12.4 Å². The minimum atomic E-state index is -0.230. The van der Waals surface area contributed by atoms with Crippen LogP contribution in [0.1, 0.15) is 36.6 Å². The lowest BCUT2D eigenvalue weighted by Crippen LogP contribution is -2.13. The molecule has 22 heavy (non-hydrogen) atoms. The second-order valence-electron chi connectivity index (χ2n) is 5.13. The van der Waals surface area contributed by atoms with Gasteiger partial charge in [0.15, 0.2) is 0 Å². The van der Waals surface area contributed by atoms with Gasteiger partial charge in [0.25, 0.3) is 0 Å². The van der Waals surface area contributed by atoms with Crippen molar-refractivity contribution in [2.45, 2.75) is 37.6 Å². The number of ether oxygens (including phenoxy) is 1. The van der Waals surface area contributed by atoms with Crippen LogP contribution in [0.2, 0.25) is 0 Å². The van der Waals surface area contributed by atoms with Gasteiger partial charge in [-0.15, -0.1) is 11.3 Å². The van der Waals surface area contributed by atoms with E-state index in [4.69, 9.17) is 4.74 Å². The Labute approximate surface area is 136 Å². The van der Waals surface area contributed by atoms with Crippen molar-refractivity contribution in [2.75, 3.05) is 12.4 Å². The van der Waals surface area contributed by atoms with E-state index in [2.05, 4.69) is 9.97 Å². The summed E-state index contributed by atoms with van der Waals surface area (Å²) in [5, 5.41) is 1.72. The maximum atomic E-state index is 12.2. The van der Waals surface area contributed by atoms with Gasteiger partial charge in [0.2, 0.25) is 0 Å². The molecule has 0 fully saturated rings. The van der Waals surface area contributed by atoms with Crippen molar-refractivity contribution >= 4 is 45.1 Å². The number of hydrogen-bond donors (Lipinski definition) is 0. The molecule has 1 unspecified atom stereocenters. The summed E-state index contributed by atoms with van der Waals surface area (Å²) in [6, 6.07) is 0. The normalized spacial score (nSPS) is 16.7. The van der Waals surface area contributed by atoms with Gasteiger partial charge in [-0.05, 0) is 32.3 Å². The number of esters is 1. The van der Waals surface area contributed by atoms with Gasteiger partial charge < -0.3 is 4.74 Å². The predicted molar refractivity (Wildman–Crippen MR) is 86.5 cm³/mol. The largest absolute Gasteiger partial charge is 0.466 e. The molecule has 0 aromatic carbocycles. The lowest BCUT2D eigenvalue weighted by molar-refractivity contribution is -0.144. The third-order valence-electron chi connectivity index (χ3n) is 3.56. The first-order valence-electron chi connectivity index (χ1n) is 7.17. The minimum absolute atomic E-state index is 0.102. The monoisotopic (exact) mass is 336 g/mol. The van der Waals surface area contributed by atoms with Gasteiger partial charge >= 0.3 is 5.97 Å². The van der Waals surface area contributed by atoms with E-state index in [1.54, 1.807) is 18.3 Å². The van der Waals surface area contributed by atoms with E-state index >= 15 is 0 Å². The summed E-state index contributed by atoms with van der Waals surface area (Å²) in [6.45, 7) is 3.76. The van der Waals surface area contributed by atoms with E-state index < -0.39 is 0 Å². The van der Waals surface area contributed by atoms with Gasteiger partial charge in [0.05, 0.1) is 18.3 Å². The Morgan fingerprint density at radius 2 is 2.27 bits per heavy atom. The first-order valence-corrected chi connectivity index (χ1v) is 8.97. The van der Waals surface area contributed by atoms with Crippen LogP contribution < -0.4 is 0 Å². The molecule has 0 bridgehead atoms. The summed E-state index contributed by atoms with van der Waals surface area (Å²) in [4.78, 5) is 34.2. The summed E-state index contributed by atoms with van der Waals surface area (Å²) in [7, 11) is 0. The standard InChI is InChI=1S/C15H16N2O3S2/c1-3-20-15(19)9-4-5-10-11(9)12-13(21-6-8(2)18)16-7-17-14(12)22-10/h7,9H,3-6H2,1-2H3. The highest BCUT2D eigenvalue weighted by Crippen LogP contribution is 2.46. The van der Waals surface area contributed by atoms with Crippen LogP contribution in [-0.4, -0.2) is 34.1 Å². The van der Waals surface area contributed by atoms with Crippen molar-refractivity contribution in [3.05, 3.63) is 16.8 Å². The van der Waals surface area contributed by atoms with E-state index in [-0.39, 0.29) is 17.7 Å². The molecule has 7 heteroatoms. The molecular formula is C15H16N2O3S2. The Bertz CT molecular complexity index is 742. The second-order valence-corrected chi connectivity index (χ2v) is 7.18. The van der Waals surface area contributed by atoms with Crippen molar-refractivity contribution in [3.8, 4) is 0 Å².